The molecule has 3 rings (SSSR count). The van der Waals surface area contributed by atoms with Gasteiger partial charge in [0.25, 0.3) is 5.91 Å². The molecule has 28 heavy (non-hydrogen) atoms. The molecule has 0 aliphatic carbocycles. The molecule has 2 aromatic heterocycles. The Bertz CT molecular complexity index is 1050. The van der Waals surface area contributed by atoms with Crippen molar-refractivity contribution in [2.24, 2.45) is 7.05 Å². The van der Waals surface area contributed by atoms with Gasteiger partial charge in [-0.15, -0.1) is 0 Å². The molecule has 0 saturated carbocycles. The third kappa shape index (κ3) is 3.98. The van der Waals surface area contributed by atoms with Gasteiger partial charge in [-0.25, -0.2) is 4.68 Å². The van der Waals surface area contributed by atoms with E-state index in [0.29, 0.717) is 17.0 Å². The standard InChI is InChI=1S/C17H17F3N6OS/c1-10-3-5-11(6-4-10)26-14(17(18,19)20)12(9-22-26)15(27)21-8-7-13-23-24-16(28)25(13)2/h3-6,9H,7-8H2,1-2H3,(H,21,27)(H,24,28). The van der Waals surface area contributed by atoms with Gasteiger partial charge < -0.3 is 9.88 Å². The summed E-state index contributed by atoms with van der Waals surface area (Å²) >= 11 is 4.99. The lowest BCUT2D eigenvalue weighted by Gasteiger charge is -2.13. The lowest BCUT2D eigenvalue weighted by Crippen LogP contribution is -2.28. The molecule has 0 bridgehead atoms. The number of aryl methyl sites for hydroxylation is 1. The molecule has 0 radical (unpaired) electrons. The summed E-state index contributed by atoms with van der Waals surface area (Å²) < 4.78 is 43.7. The second-order valence-electron chi connectivity index (χ2n) is 6.16. The Morgan fingerprint density at radius 2 is 1.96 bits per heavy atom. The molecule has 0 saturated heterocycles. The molecule has 0 atom stereocenters. The second kappa shape index (κ2) is 7.58. The van der Waals surface area contributed by atoms with E-state index in [1.807, 2.05) is 6.92 Å². The Kier molecular flexibility index (Phi) is 5.36. The molecule has 148 valence electrons. The SMILES string of the molecule is Cc1ccc(-n2ncc(C(=O)NCCc3n[nH]c(=S)n3C)c2C(F)(F)F)cc1. The summed E-state index contributed by atoms with van der Waals surface area (Å²) in [6, 6.07) is 6.38. The van der Waals surface area contributed by atoms with E-state index in [1.165, 1.54) is 12.1 Å². The van der Waals surface area contributed by atoms with Crippen LogP contribution in [-0.2, 0) is 19.6 Å². The molecule has 0 spiro atoms. The largest absolute Gasteiger partial charge is 0.434 e. The Balaban J connectivity index is 1.82. The van der Waals surface area contributed by atoms with Crippen LogP contribution in [0.1, 0.15) is 27.4 Å². The summed E-state index contributed by atoms with van der Waals surface area (Å²) in [5.41, 5.74) is -0.537. The van der Waals surface area contributed by atoms with Gasteiger partial charge in [0.2, 0.25) is 0 Å². The molecule has 0 aliphatic heterocycles. The van der Waals surface area contributed by atoms with Crippen LogP contribution in [0.2, 0.25) is 0 Å². The van der Waals surface area contributed by atoms with Gasteiger partial charge in [0.15, 0.2) is 10.5 Å². The topological polar surface area (TPSA) is 80.5 Å². The number of benzene rings is 1. The van der Waals surface area contributed by atoms with Gasteiger partial charge in [-0.2, -0.15) is 23.4 Å². The number of carbonyl (C=O) groups excluding carboxylic acids is 1. The molecular weight excluding hydrogens is 393 g/mol. The van der Waals surface area contributed by atoms with Crippen molar-refractivity contribution >= 4 is 18.1 Å². The van der Waals surface area contributed by atoms with Crippen molar-refractivity contribution in [2.45, 2.75) is 19.5 Å². The normalized spacial score (nSPS) is 11.6. The van der Waals surface area contributed by atoms with Crippen LogP contribution in [0, 0.1) is 11.7 Å². The van der Waals surface area contributed by atoms with E-state index in [-0.39, 0.29) is 12.2 Å². The van der Waals surface area contributed by atoms with Crippen LogP contribution in [0.15, 0.2) is 30.5 Å². The molecule has 2 heterocycles. The van der Waals surface area contributed by atoms with Crippen molar-refractivity contribution in [2.75, 3.05) is 6.54 Å². The highest BCUT2D eigenvalue weighted by Gasteiger charge is 2.40. The second-order valence-corrected chi connectivity index (χ2v) is 6.55. The molecule has 0 unspecified atom stereocenters. The molecule has 2 N–H and O–H groups in total. The van der Waals surface area contributed by atoms with E-state index >= 15 is 0 Å². The molecule has 7 nitrogen and oxygen atoms in total. The molecule has 1 aromatic carbocycles. The number of nitrogens with one attached hydrogen (secondary N) is 2. The smallest absolute Gasteiger partial charge is 0.351 e. The first-order chi connectivity index (χ1) is 13.2. The first-order valence-corrected chi connectivity index (χ1v) is 8.70. The lowest BCUT2D eigenvalue weighted by atomic mass is 10.2. The predicted octanol–water partition coefficient (Wildman–Crippen LogP) is 2.96. The third-order valence-electron chi connectivity index (χ3n) is 4.17. The number of amides is 1. The Morgan fingerprint density at radius 3 is 2.54 bits per heavy atom. The maximum atomic E-state index is 13.6. The van der Waals surface area contributed by atoms with Crippen molar-refractivity contribution in [3.8, 4) is 5.69 Å². The van der Waals surface area contributed by atoms with E-state index in [0.717, 1.165) is 16.4 Å². The monoisotopic (exact) mass is 410 g/mol. The number of nitrogens with zero attached hydrogens (tertiary/aromatic N) is 4. The van der Waals surface area contributed by atoms with Crippen LogP contribution in [0.4, 0.5) is 13.2 Å². The molecule has 1 amide bonds. The molecular formula is C17H17F3N6OS. The molecule has 0 fully saturated rings. The fourth-order valence-electron chi connectivity index (χ4n) is 2.66. The average molecular weight is 410 g/mol. The van der Waals surface area contributed by atoms with Gasteiger partial charge in [-0.3, -0.25) is 9.89 Å². The summed E-state index contributed by atoms with van der Waals surface area (Å²) in [6.07, 6.45) is -3.52. The molecule has 3 aromatic rings. The van der Waals surface area contributed by atoms with Gasteiger partial charge in [0.05, 0.1) is 17.4 Å². The lowest BCUT2D eigenvalue weighted by molar-refractivity contribution is -0.143. The first kappa shape index (κ1) is 19.8. The Labute approximate surface area is 163 Å². The van der Waals surface area contributed by atoms with Gasteiger partial charge in [-0.1, -0.05) is 17.7 Å². The number of hydrogen-bond acceptors (Lipinski definition) is 4. The summed E-state index contributed by atoms with van der Waals surface area (Å²) in [5, 5.41) is 12.9. The predicted molar refractivity (Wildman–Crippen MR) is 97.7 cm³/mol. The number of alkyl halides is 3. The number of aromatic amines is 1. The summed E-state index contributed by atoms with van der Waals surface area (Å²) in [4.78, 5) is 12.4. The van der Waals surface area contributed by atoms with Crippen molar-refractivity contribution in [1.29, 1.82) is 0 Å². The minimum Gasteiger partial charge on any atom is -0.351 e. The van der Waals surface area contributed by atoms with Crippen LogP contribution >= 0.6 is 12.2 Å². The highest BCUT2D eigenvalue weighted by molar-refractivity contribution is 7.71. The quantitative estimate of drug-likeness (QED) is 0.634. The van der Waals surface area contributed by atoms with Crippen molar-refractivity contribution in [3.05, 3.63) is 57.9 Å². The Hall–Kier alpha value is -2.95. The third-order valence-corrected chi connectivity index (χ3v) is 4.53. The minimum absolute atomic E-state index is 0.0965. The first-order valence-electron chi connectivity index (χ1n) is 8.29. The van der Waals surface area contributed by atoms with E-state index in [4.69, 9.17) is 12.2 Å². The number of rotatable bonds is 5. The zero-order valence-corrected chi connectivity index (χ0v) is 15.9. The van der Waals surface area contributed by atoms with E-state index in [1.54, 1.807) is 23.7 Å². The zero-order valence-electron chi connectivity index (χ0n) is 15.0. The van der Waals surface area contributed by atoms with Gasteiger partial charge >= 0.3 is 6.18 Å². The van der Waals surface area contributed by atoms with Gasteiger partial charge in [-0.05, 0) is 31.3 Å². The molecule has 11 heteroatoms. The fourth-order valence-corrected chi connectivity index (χ4v) is 2.81. The summed E-state index contributed by atoms with van der Waals surface area (Å²) in [6.45, 7) is 1.92. The van der Waals surface area contributed by atoms with Crippen molar-refractivity contribution < 1.29 is 18.0 Å². The van der Waals surface area contributed by atoms with Crippen LogP contribution in [0.3, 0.4) is 0 Å². The van der Waals surface area contributed by atoms with Crippen LogP contribution < -0.4 is 5.32 Å². The minimum atomic E-state index is -4.75. The highest BCUT2D eigenvalue weighted by Crippen LogP contribution is 2.33. The average Bonchev–Trinajstić information content (AvgIpc) is 3.21. The van der Waals surface area contributed by atoms with E-state index in [9.17, 15) is 18.0 Å². The number of H-pyrrole nitrogens is 1. The van der Waals surface area contributed by atoms with Gasteiger partial charge in [0, 0.05) is 20.0 Å². The van der Waals surface area contributed by atoms with Crippen LogP contribution in [0.25, 0.3) is 5.69 Å². The number of aromatic nitrogens is 5. The van der Waals surface area contributed by atoms with E-state index < -0.39 is 23.3 Å². The van der Waals surface area contributed by atoms with Gasteiger partial charge in [0.1, 0.15) is 5.82 Å². The fraction of sp³-hybridized carbons (Fsp3) is 0.294. The maximum absolute atomic E-state index is 13.6. The van der Waals surface area contributed by atoms with Crippen molar-refractivity contribution in [3.63, 3.8) is 0 Å². The highest BCUT2D eigenvalue weighted by atomic mass is 32.1. The van der Waals surface area contributed by atoms with Crippen LogP contribution in [-0.4, -0.2) is 37.0 Å². The molecule has 0 aliphatic rings. The number of carbonyl (C=O) groups is 1. The number of hydrogen-bond donors (Lipinski definition) is 2. The summed E-state index contributed by atoms with van der Waals surface area (Å²) in [7, 11) is 1.70. The summed E-state index contributed by atoms with van der Waals surface area (Å²) in [5.74, 6) is -0.279. The number of halogens is 3. The zero-order chi connectivity index (χ0) is 20.5. The van der Waals surface area contributed by atoms with E-state index in [2.05, 4.69) is 20.6 Å². The van der Waals surface area contributed by atoms with Crippen LogP contribution in [0.5, 0.6) is 0 Å². The van der Waals surface area contributed by atoms with Crippen molar-refractivity contribution in [1.82, 2.24) is 29.9 Å². The maximum Gasteiger partial charge on any atom is 0.434 e. The Morgan fingerprint density at radius 1 is 1.29 bits per heavy atom.